The zero-order chi connectivity index (χ0) is 34.9. The van der Waals surface area contributed by atoms with Crippen LogP contribution in [0.2, 0.25) is 0 Å². The van der Waals surface area contributed by atoms with Crippen molar-refractivity contribution in [1.82, 2.24) is 0 Å². The quantitative estimate of drug-likeness (QED) is 0.167. The van der Waals surface area contributed by atoms with E-state index in [0.717, 1.165) is 39.0 Å². The Morgan fingerprint density at radius 2 is 1.00 bits per heavy atom. The number of nitrogens with zero attached hydrogens (tertiary/aromatic N) is 1. The lowest BCUT2D eigenvalue weighted by molar-refractivity contribution is 0.669. The smallest absolute Gasteiger partial charge is 0.136 e. The topological polar surface area (TPSA) is 16.4 Å². The van der Waals surface area contributed by atoms with Gasteiger partial charge in [0.1, 0.15) is 11.2 Å². The van der Waals surface area contributed by atoms with E-state index in [0.29, 0.717) is 0 Å². The summed E-state index contributed by atoms with van der Waals surface area (Å²) in [5, 5.41) is 9.81. The zero-order valence-electron chi connectivity index (χ0n) is 28.7. The molecule has 2 aromatic heterocycles. The molecule has 2 nitrogen and oxygen atoms in total. The highest BCUT2D eigenvalue weighted by Crippen LogP contribution is 2.47. The lowest BCUT2D eigenvalue weighted by atomic mass is 9.93. The van der Waals surface area contributed by atoms with Gasteiger partial charge in [-0.05, 0) is 111 Å². The highest BCUT2D eigenvalue weighted by Gasteiger charge is 2.20. The molecule has 248 valence electrons. The number of anilines is 3. The van der Waals surface area contributed by atoms with Gasteiger partial charge in [-0.1, -0.05) is 121 Å². The van der Waals surface area contributed by atoms with Gasteiger partial charge in [0, 0.05) is 48.0 Å². The van der Waals surface area contributed by atoms with Gasteiger partial charge in [0.25, 0.3) is 0 Å². The first-order chi connectivity index (χ1) is 26.3. The second kappa shape index (κ2) is 11.9. The van der Waals surface area contributed by atoms with E-state index in [9.17, 15) is 0 Å². The van der Waals surface area contributed by atoms with E-state index in [1.165, 1.54) is 64.0 Å². The minimum atomic E-state index is 0.913. The van der Waals surface area contributed by atoms with Gasteiger partial charge in [0.15, 0.2) is 0 Å². The average Bonchev–Trinajstić information content (AvgIpc) is 3.80. The van der Waals surface area contributed by atoms with Gasteiger partial charge in [0.2, 0.25) is 0 Å². The number of fused-ring (bicyclic) bond motifs is 9. The van der Waals surface area contributed by atoms with Crippen molar-refractivity contribution in [3.05, 3.63) is 188 Å². The van der Waals surface area contributed by atoms with Crippen molar-refractivity contribution < 1.29 is 4.42 Å². The van der Waals surface area contributed by atoms with Crippen molar-refractivity contribution in [3.8, 4) is 22.3 Å². The molecule has 0 unspecified atom stereocenters. The standard InChI is InChI=1S/C50H31NOS/c1-3-13-32(14-4-1)42-29-33-25-26-35(30-43(33)38-18-8-7-17-37(38)42)51(34-15-5-2-6-16-34)36-27-28-47-44(31-36)50-40(21-12-24-48(50)53-47)39-20-11-23-46-49(39)41-19-9-10-22-45(41)52-46/h1-31H. The molecule has 0 radical (unpaired) electrons. The first-order valence-corrected chi connectivity index (χ1v) is 18.8. The van der Waals surface area contributed by atoms with Crippen LogP contribution < -0.4 is 4.90 Å². The first kappa shape index (κ1) is 30.0. The number of para-hydroxylation sites is 2. The number of hydrogen-bond donors (Lipinski definition) is 0. The van der Waals surface area contributed by atoms with Crippen LogP contribution in [-0.4, -0.2) is 0 Å². The Labute approximate surface area is 310 Å². The van der Waals surface area contributed by atoms with Gasteiger partial charge in [-0.2, -0.15) is 0 Å². The van der Waals surface area contributed by atoms with Gasteiger partial charge in [-0.3, -0.25) is 0 Å². The number of thiophene rings is 1. The maximum absolute atomic E-state index is 6.33. The summed E-state index contributed by atoms with van der Waals surface area (Å²) in [6, 6.07) is 68.0. The SMILES string of the molecule is c1ccc(-c2cc3ccc(N(c4ccccc4)c4ccc5sc6cccc(-c7cccc8oc9ccccc9c78)c6c5c4)cc3c3ccccc23)cc1. The monoisotopic (exact) mass is 693 g/mol. The third kappa shape index (κ3) is 4.78. The molecule has 0 N–H and O–H groups in total. The summed E-state index contributed by atoms with van der Waals surface area (Å²) in [5.41, 5.74) is 10.1. The Balaban J connectivity index is 1.13. The van der Waals surface area contributed by atoms with Gasteiger partial charge in [-0.15, -0.1) is 11.3 Å². The van der Waals surface area contributed by atoms with Crippen LogP contribution in [0.15, 0.2) is 192 Å². The number of benzene rings is 9. The molecule has 0 amide bonds. The van der Waals surface area contributed by atoms with Crippen molar-refractivity contribution in [2.75, 3.05) is 4.90 Å². The predicted molar refractivity (Wildman–Crippen MR) is 227 cm³/mol. The maximum atomic E-state index is 6.33. The molecule has 3 heteroatoms. The fraction of sp³-hybridized carbons (Fsp3) is 0. The molecule has 53 heavy (non-hydrogen) atoms. The Bertz CT molecular complexity index is 3180. The molecule has 0 fully saturated rings. The molecule has 0 aliphatic carbocycles. The molecule has 11 rings (SSSR count). The minimum absolute atomic E-state index is 0.913. The minimum Gasteiger partial charge on any atom is -0.456 e. The molecule has 0 saturated carbocycles. The Morgan fingerprint density at radius 1 is 0.358 bits per heavy atom. The van der Waals surface area contributed by atoms with Crippen LogP contribution in [0.4, 0.5) is 17.1 Å². The summed E-state index contributed by atoms with van der Waals surface area (Å²) in [7, 11) is 0. The maximum Gasteiger partial charge on any atom is 0.136 e. The normalized spacial score (nSPS) is 11.8. The molecule has 0 bridgehead atoms. The van der Waals surface area contributed by atoms with Crippen LogP contribution in [0.3, 0.4) is 0 Å². The van der Waals surface area contributed by atoms with Gasteiger partial charge in [0.05, 0.1) is 0 Å². The van der Waals surface area contributed by atoms with E-state index in [2.05, 4.69) is 187 Å². The molecule has 0 atom stereocenters. The molecule has 0 spiro atoms. The van der Waals surface area contributed by atoms with Crippen molar-refractivity contribution in [1.29, 1.82) is 0 Å². The summed E-state index contributed by atoms with van der Waals surface area (Å²) >= 11 is 1.85. The first-order valence-electron chi connectivity index (χ1n) is 18.0. The van der Waals surface area contributed by atoms with Gasteiger partial charge >= 0.3 is 0 Å². The molecule has 0 saturated heterocycles. The third-order valence-electron chi connectivity index (χ3n) is 10.6. The molecule has 11 aromatic rings. The molecule has 0 aliphatic heterocycles. The van der Waals surface area contributed by atoms with Crippen molar-refractivity contribution in [3.63, 3.8) is 0 Å². The van der Waals surface area contributed by atoms with Crippen LogP contribution in [0.5, 0.6) is 0 Å². The largest absolute Gasteiger partial charge is 0.456 e. The second-order valence-corrected chi connectivity index (χ2v) is 14.7. The summed E-state index contributed by atoms with van der Waals surface area (Å²) in [6.07, 6.45) is 0. The Kier molecular flexibility index (Phi) is 6.76. The molecule has 9 aromatic carbocycles. The number of hydrogen-bond acceptors (Lipinski definition) is 3. The Morgan fingerprint density at radius 3 is 1.83 bits per heavy atom. The van der Waals surface area contributed by atoms with Gasteiger partial charge in [-0.25, -0.2) is 0 Å². The summed E-state index contributed by atoms with van der Waals surface area (Å²) in [5.74, 6) is 0. The zero-order valence-corrected chi connectivity index (χ0v) is 29.5. The van der Waals surface area contributed by atoms with E-state index in [1.54, 1.807) is 0 Å². The highest BCUT2D eigenvalue weighted by atomic mass is 32.1. The van der Waals surface area contributed by atoms with E-state index < -0.39 is 0 Å². The van der Waals surface area contributed by atoms with Crippen molar-refractivity contribution in [2.24, 2.45) is 0 Å². The van der Waals surface area contributed by atoms with E-state index in [1.807, 2.05) is 17.4 Å². The van der Waals surface area contributed by atoms with Gasteiger partial charge < -0.3 is 9.32 Å². The van der Waals surface area contributed by atoms with Crippen LogP contribution in [0.1, 0.15) is 0 Å². The highest BCUT2D eigenvalue weighted by molar-refractivity contribution is 7.26. The fourth-order valence-electron chi connectivity index (χ4n) is 8.29. The Hall–Kier alpha value is -6.68. The molecular formula is C50H31NOS. The summed E-state index contributed by atoms with van der Waals surface area (Å²) < 4.78 is 8.87. The molecule has 0 aliphatic rings. The second-order valence-electron chi connectivity index (χ2n) is 13.7. The van der Waals surface area contributed by atoms with E-state index in [-0.39, 0.29) is 0 Å². The number of rotatable bonds is 5. The van der Waals surface area contributed by atoms with Crippen LogP contribution in [-0.2, 0) is 0 Å². The van der Waals surface area contributed by atoms with Crippen molar-refractivity contribution >= 4 is 92.1 Å². The summed E-state index contributed by atoms with van der Waals surface area (Å²) in [4.78, 5) is 2.40. The lowest BCUT2D eigenvalue weighted by Crippen LogP contribution is -2.09. The fourth-order valence-corrected chi connectivity index (χ4v) is 9.40. The van der Waals surface area contributed by atoms with Crippen LogP contribution in [0.25, 0.3) is 85.9 Å². The molecule has 2 heterocycles. The average molecular weight is 694 g/mol. The predicted octanol–water partition coefficient (Wildman–Crippen LogP) is 15.1. The molecular weight excluding hydrogens is 663 g/mol. The van der Waals surface area contributed by atoms with Crippen molar-refractivity contribution in [2.45, 2.75) is 0 Å². The van der Waals surface area contributed by atoms with Crippen LogP contribution >= 0.6 is 11.3 Å². The van der Waals surface area contributed by atoms with E-state index >= 15 is 0 Å². The third-order valence-corrected chi connectivity index (χ3v) is 11.8. The number of furan rings is 1. The van der Waals surface area contributed by atoms with E-state index in [4.69, 9.17) is 4.42 Å². The lowest BCUT2D eigenvalue weighted by Gasteiger charge is -2.26. The van der Waals surface area contributed by atoms with Crippen LogP contribution in [0, 0.1) is 0 Å². The summed E-state index contributed by atoms with van der Waals surface area (Å²) in [6.45, 7) is 0.